The summed E-state index contributed by atoms with van der Waals surface area (Å²) >= 11 is 0. The first kappa shape index (κ1) is 31.4. The minimum absolute atomic E-state index is 0.0273. The van der Waals surface area contributed by atoms with Crippen LogP contribution >= 0.6 is 0 Å². The molecular formula is C30H36FN3O6S. The van der Waals surface area contributed by atoms with E-state index in [1.54, 1.807) is 37.3 Å². The minimum atomic E-state index is -4.28. The summed E-state index contributed by atoms with van der Waals surface area (Å²) in [7, 11) is -1.45. The second-order valence-corrected chi connectivity index (χ2v) is 11.2. The smallest absolute Gasteiger partial charge is 0.264 e. The Morgan fingerprint density at radius 3 is 2.22 bits per heavy atom. The Morgan fingerprint density at radius 1 is 0.951 bits per heavy atom. The Labute approximate surface area is 240 Å². The molecule has 0 aliphatic heterocycles. The van der Waals surface area contributed by atoms with Gasteiger partial charge in [-0.25, -0.2) is 12.8 Å². The van der Waals surface area contributed by atoms with Crippen molar-refractivity contribution in [2.75, 3.05) is 31.6 Å². The Hall–Kier alpha value is -4.12. The van der Waals surface area contributed by atoms with Gasteiger partial charge in [0.25, 0.3) is 10.0 Å². The number of nitrogens with zero attached hydrogens (tertiary/aromatic N) is 2. The summed E-state index contributed by atoms with van der Waals surface area (Å²) in [6.07, 6.45) is 1.66. The molecule has 41 heavy (non-hydrogen) atoms. The van der Waals surface area contributed by atoms with E-state index in [9.17, 15) is 22.4 Å². The number of para-hydroxylation sites is 1. The molecule has 9 nitrogen and oxygen atoms in total. The maximum Gasteiger partial charge on any atom is 0.264 e. The number of unbranched alkanes of at least 4 members (excludes halogenated alkanes) is 1. The lowest BCUT2D eigenvalue weighted by atomic mass is 10.1. The molecule has 220 valence electrons. The van der Waals surface area contributed by atoms with Gasteiger partial charge in [0.15, 0.2) is 11.5 Å². The van der Waals surface area contributed by atoms with E-state index in [0.29, 0.717) is 17.9 Å². The molecule has 2 amide bonds. The molecule has 1 unspecified atom stereocenters. The molecule has 0 saturated carbocycles. The van der Waals surface area contributed by atoms with Crippen LogP contribution in [0.2, 0.25) is 0 Å². The summed E-state index contributed by atoms with van der Waals surface area (Å²) in [5.41, 5.74) is 0.847. The van der Waals surface area contributed by atoms with Gasteiger partial charge in [0.1, 0.15) is 18.4 Å². The topological polar surface area (TPSA) is 105 Å². The molecule has 0 aromatic heterocycles. The van der Waals surface area contributed by atoms with Gasteiger partial charge in [-0.3, -0.25) is 13.9 Å². The molecule has 1 atom stereocenters. The van der Waals surface area contributed by atoms with E-state index < -0.39 is 34.3 Å². The fraction of sp³-hybridized carbons (Fsp3) is 0.333. The van der Waals surface area contributed by atoms with Crippen LogP contribution in [0.1, 0.15) is 32.3 Å². The number of carbonyl (C=O) groups is 2. The van der Waals surface area contributed by atoms with Crippen molar-refractivity contribution in [2.45, 2.75) is 44.2 Å². The van der Waals surface area contributed by atoms with Gasteiger partial charge in [0.05, 0.1) is 24.8 Å². The highest BCUT2D eigenvalue weighted by molar-refractivity contribution is 7.92. The predicted octanol–water partition coefficient (Wildman–Crippen LogP) is 4.37. The van der Waals surface area contributed by atoms with Crippen molar-refractivity contribution in [1.82, 2.24) is 10.2 Å². The van der Waals surface area contributed by atoms with Crippen LogP contribution in [-0.2, 0) is 26.2 Å². The highest BCUT2D eigenvalue weighted by Gasteiger charge is 2.33. The second-order valence-electron chi connectivity index (χ2n) is 9.33. The number of amides is 2. The molecule has 0 spiro atoms. The van der Waals surface area contributed by atoms with Crippen molar-refractivity contribution in [3.05, 3.63) is 84.2 Å². The number of hydrogen-bond donors (Lipinski definition) is 1. The Balaban J connectivity index is 2.01. The third-order valence-electron chi connectivity index (χ3n) is 6.53. The van der Waals surface area contributed by atoms with Crippen LogP contribution in [-0.4, -0.2) is 58.5 Å². The van der Waals surface area contributed by atoms with Crippen LogP contribution in [0.4, 0.5) is 10.1 Å². The number of nitrogens with one attached hydrogen (secondary N) is 1. The Morgan fingerprint density at radius 2 is 1.61 bits per heavy atom. The largest absolute Gasteiger partial charge is 0.493 e. The van der Waals surface area contributed by atoms with Crippen molar-refractivity contribution in [1.29, 1.82) is 0 Å². The maximum absolute atomic E-state index is 14.0. The van der Waals surface area contributed by atoms with E-state index in [4.69, 9.17) is 9.47 Å². The summed E-state index contributed by atoms with van der Waals surface area (Å²) in [6, 6.07) is 17.0. The highest BCUT2D eigenvalue weighted by atomic mass is 32.2. The molecule has 0 radical (unpaired) electrons. The van der Waals surface area contributed by atoms with E-state index in [0.717, 1.165) is 17.1 Å². The van der Waals surface area contributed by atoms with Gasteiger partial charge >= 0.3 is 0 Å². The number of methoxy groups -OCH3 is 2. The molecule has 0 saturated heterocycles. The van der Waals surface area contributed by atoms with Crippen LogP contribution in [0.3, 0.4) is 0 Å². The Bertz CT molecular complexity index is 1420. The van der Waals surface area contributed by atoms with E-state index in [1.807, 2.05) is 6.92 Å². The number of sulfonamides is 1. The third-order valence-corrected chi connectivity index (χ3v) is 8.30. The van der Waals surface area contributed by atoms with Crippen molar-refractivity contribution < 1.29 is 31.9 Å². The quantitative estimate of drug-likeness (QED) is 0.282. The zero-order valence-electron chi connectivity index (χ0n) is 23.7. The molecule has 11 heteroatoms. The first-order valence-corrected chi connectivity index (χ1v) is 14.7. The SMILES string of the molecule is CCCCNC(=O)C(C)N(Cc1ccc(F)cc1)C(=O)CN(c1ccccc1)S(=O)(=O)c1ccc(OC)c(OC)c1. The average molecular weight is 586 g/mol. The van der Waals surface area contributed by atoms with Gasteiger partial charge in [-0.2, -0.15) is 0 Å². The summed E-state index contributed by atoms with van der Waals surface area (Å²) in [6.45, 7) is 3.41. The fourth-order valence-corrected chi connectivity index (χ4v) is 5.56. The van der Waals surface area contributed by atoms with Crippen molar-refractivity contribution in [2.24, 2.45) is 0 Å². The number of ether oxygens (including phenoxy) is 2. The van der Waals surface area contributed by atoms with Crippen molar-refractivity contribution in [3.63, 3.8) is 0 Å². The Kier molecular flexibility index (Phi) is 11.1. The molecular weight excluding hydrogens is 549 g/mol. The monoisotopic (exact) mass is 585 g/mol. The minimum Gasteiger partial charge on any atom is -0.493 e. The van der Waals surface area contributed by atoms with Crippen LogP contribution in [0.5, 0.6) is 11.5 Å². The van der Waals surface area contributed by atoms with Gasteiger partial charge in [0.2, 0.25) is 11.8 Å². The number of anilines is 1. The van der Waals surface area contributed by atoms with Crippen molar-refractivity contribution >= 4 is 27.5 Å². The van der Waals surface area contributed by atoms with Gasteiger partial charge in [-0.15, -0.1) is 0 Å². The number of benzene rings is 3. The molecule has 3 rings (SSSR count). The van der Waals surface area contributed by atoms with Crippen LogP contribution in [0.15, 0.2) is 77.7 Å². The molecule has 0 bridgehead atoms. The van der Waals surface area contributed by atoms with E-state index in [1.165, 1.54) is 61.6 Å². The van der Waals surface area contributed by atoms with Gasteiger partial charge < -0.3 is 19.7 Å². The van der Waals surface area contributed by atoms with Crippen LogP contribution in [0.25, 0.3) is 0 Å². The predicted molar refractivity (Wildman–Crippen MR) is 155 cm³/mol. The average Bonchev–Trinajstić information content (AvgIpc) is 2.99. The van der Waals surface area contributed by atoms with Crippen LogP contribution < -0.4 is 19.1 Å². The lowest BCUT2D eigenvalue weighted by molar-refractivity contribution is -0.139. The standard InChI is InChI=1S/C30H36FN3O6S/c1-5-6-18-32-30(36)22(2)33(20-23-12-14-24(31)15-13-23)29(35)21-34(25-10-8-7-9-11-25)41(37,38)26-16-17-27(39-3)28(19-26)40-4/h7-17,19,22H,5-6,18,20-21H2,1-4H3,(H,32,36). The second kappa shape index (κ2) is 14.5. The lowest BCUT2D eigenvalue weighted by Crippen LogP contribution is -2.51. The molecule has 0 fully saturated rings. The first-order valence-electron chi connectivity index (χ1n) is 13.2. The third kappa shape index (κ3) is 7.97. The van der Waals surface area contributed by atoms with E-state index in [2.05, 4.69) is 5.32 Å². The molecule has 1 N–H and O–H groups in total. The van der Waals surface area contributed by atoms with Crippen LogP contribution in [0, 0.1) is 5.82 Å². The highest BCUT2D eigenvalue weighted by Crippen LogP contribution is 2.32. The zero-order chi connectivity index (χ0) is 30.0. The van der Waals surface area contributed by atoms with Gasteiger partial charge in [0, 0.05) is 19.2 Å². The van der Waals surface area contributed by atoms with E-state index in [-0.39, 0.29) is 28.8 Å². The van der Waals surface area contributed by atoms with Crippen molar-refractivity contribution in [3.8, 4) is 11.5 Å². The molecule has 3 aromatic rings. The molecule has 3 aromatic carbocycles. The number of rotatable bonds is 14. The number of carbonyl (C=O) groups excluding carboxylic acids is 2. The first-order chi connectivity index (χ1) is 19.6. The molecule has 0 aliphatic carbocycles. The van der Waals surface area contributed by atoms with Gasteiger partial charge in [-0.05, 0) is 55.3 Å². The van der Waals surface area contributed by atoms with Gasteiger partial charge in [-0.1, -0.05) is 43.7 Å². The summed E-state index contributed by atoms with van der Waals surface area (Å²) in [5, 5.41) is 2.83. The van der Waals surface area contributed by atoms with E-state index >= 15 is 0 Å². The summed E-state index contributed by atoms with van der Waals surface area (Å²) in [5.74, 6) is -0.859. The fourth-order valence-electron chi connectivity index (χ4n) is 4.13. The molecule has 0 heterocycles. The summed E-state index contributed by atoms with van der Waals surface area (Å²) in [4.78, 5) is 28.1. The number of hydrogen-bond acceptors (Lipinski definition) is 6. The number of halogens is 1. The lowest BCUT2D eigenvalue weighted by Gasteiger charge is -2.32. The summed E-state index contributed by atoms with van der Waals surface area (Å²) < 4.78 is 53.0. The molecule has 0 aliphatic rings. The normalized spacial score (nSPS) is 11.8. The zero-order valence-corrected chi connectivity index (χ0v) is 24.5. The maximum atomic E-state index is 14.0.